The fourth-order valence-electron chi connectivity index (χ4n) is 10.4. The first kappa shape index (κ1) is 38.7. The van der Waals surface area contributed by atoms with Gasteiger partial charge < -0.3 is 4.74 Å². The van der Waals surface area contributed by atoms with E-state index in [4.69, 9.17) is 26.5 Å². The van der Waals surface area contributed by atoms with Gasteiger partial charge in [0.25, 0.3) is 0 Å². The molecular weight excluding hydrogens is 840 g/mol. The molecule has 0 saturated carbocycles. The normalized spacial score (nSPS) is 12.1. The van der Waals surface area contributed by atoms with Crippen molar-refractivity contribution in [1.82, 2.24) is 9.97 Å². The molecule has 0 fully saturated rings. The molecule has 0 radical (unpaired) electrons. The van der Waals surface area contributed by atoms with Crippen molar-refractivity contribution < 1.29 is 4.74 Å². The van der Waals surface area contributed by atoms with Crippen molar-refractivity contribution >= 4 is 120 Å². The summed E-state index contributed by atoms with van der Waals surface area (Å²) in [4.78, 5) is 10.9. The average Bonchev–Trinajstić information content (AvgIpc) is 3.39. The molecule has 13 aromatic rings. The highest BCUT2D eigenvalue weighted by Gasteiger charge is 2.27. The van der Waals surface area contributed by atoms with Crippen LogP contribution in [0.25, 0.3) is 109 Å². The van der Waals surface area contributed by atoms with Gasteiger partial charge in [0.05, 0.1) is 29.2 Å². The molecule has 0 saturated heterocycles. The van der Waals surface area contributed by atoms with E-state index in [0.717, 1.165) is 97.9 Å². The van der Waals surface area contributed by atoms with Gasteiger partial charge in [-0.25, -0.2) is 9.97 Å². The first-order valence-corrected chi connectivity index (χ1v) is 25.1. The van der Waals surface area contributed by atoms with Gasteiger partial charge in [-0.05, 0) is 72.9 Å². The molecule has 0 N–H and O–H groups in total. The van der Waals surface area contributed by atoms with Gasteiger partial charge in [0, 0.05) is 60.3 Å². The van der Waals surface area contributed by atoms with Gasteiger partial charge in [-0.3, -0.25) is 0 Å². The van der Waals surface area contributed by atoms with Crippen LogP contribution in [0.1, 0.15) is 0 Å². The fraction of sp³-hybridized carbons (Fsp3) is 0.0164. The third-order valence-corrected chi connectivity index (χ3v) is 18.6. The largest absolute Gasteiger partial charge is 0.497 e. The minimum Gasteiger partial charge on any atom is -0.497 e. The molecule has 0 aliphatic rings. The number of nitrogens with zero attached hydrogens (tertiary/aromatic N) is 2. The van der Waals surface area contributed by atoms with Crippen LogP contribution in [0.15, 0.2) is 218 Å². The summed E-state index contributed by atoms with van der Waals surface area (Å²) in [6, 6.07) is 76.1. The number of rotatable bonds is 6. The molecule has 0 unspecified atom stereocenters. The molecule has 0 spiro atoms. The van der Waals surface area contributed by atoms with Gasteiger partial charge in [0.1, 0.15) is 5.75 Å². The van der Waals surface area contributed by atoms with Crippen LogP contribution < -0.4 is 20.7 Å². The topological polar surface area (TPSA) is 35.0 Å². The lowest BCUT2D eigenvalue weighted by Gasteiger charge is -2.25. The summed E-state index contributed by atoms with van der Waals surface area (Å²) < 4.78 is 5.64. The number of pyridine rings is 2. The molecule has 5 heteroatoms. The van der Waals surface area contributed by atoms with Crippen molar-refractivity contribution in [2.45, 2.75) is 0 Å². The maximum absolute atomic E-state index is 7.07. The summed E-state index contributed by atoms with van der Waals surface area (Å²) >= 11 is 7.07. The Morgan fingerprint density at radius 3 is 0.909 bits per heavy atom. The number of fused-ring (bicyclic) bond motifs is 12. The summed E-state index contributed by atoms with van der Waals surface area (Å²) in [5.41, 5.74) is 8.65. The van der Waals surface area contributed by atoms with Crippen molar-refractivity contribution in [3.63, 3.8) is 0 Å². The van der Waals surface area contributed by atoms with Crippen LogP contribution in [0.5, 0.6) is 5.75 Å². The first-order valence-electron chi connectivity index (χ1n) is 22.3. The van der Waals surface area contributed by atoms with E-state index in [9.17, 15) is 0 Å². The molecule has 66 heavy (non-hydrogen) atoms. The molecular formula is C61H39N2OPS. The molecule has 2 heterocycles. The van der Waals surface area contributed by atoms with Crippen LogP contribution in [-0.4, -0.2) is 17.1 Å². The Morgan fingerprint density at radius 1 is 0.318 bits per heavy atom. The van der Waals surface area contributed by atoms with Crippen LogP contribution >= 0.6 is 6.04 Å². The second-order valence-corrected chi connectivity index (χ2v) is 21.5. The standard InChI is InChI=1S/C61H39N2OPS/c1-64-44-26-32-47(33-27-44)65(66,45-28-18-42(19-29-45)56-52-34-22-38-10-2-6-14-48(38)58(52)62-59-49-15-7-3-11-39(49)23-35-53(56)59)46-30-20-43(21-31-46)57-54-36-24-40-12-4-8-16-50(40)60(54)63-61-51-17-9-5-13-41(51)25-37-55(57)61/h2-37H,1H3. The number of hydrogen-bond acceptors (Lipinski definition) is 4. The summed E-state index contributed by atoms with van der Waals surface area (Å²) in [6.45, 7) is 0. The SMILES string of the molecule is COc1ccc(P(=S)(c2ccc(-c3c4ccc5ccccc5c4nc4c3ccc3ccccc34)cc2)c2ccc(-c3c4ccc5ccccc5c4nc4c3ccc3ccccc34)cc2)cc1. The van der Waals surface area contributed by atoms with E-state index < -0.39 is 6.04 Å². The Labute approximate surface area is 386 Å². The smallest absolute Gasteiger partial charge is 0.118 e. The quantitative estimate of drug-likeness (QED) is 0.0947. The third-order valence-electron chi connectivity index (χ3n) is 13.6. The molecule has 2 aromatic heterocycles. The molecule has 0 aliphatic heterocycles. The number of benzene rings is 11. The molecule has 0 amide bonds. The maximum Gasteiger partial charge on any atom is 0.118 e. The first-order chi connectivity index (χ1) is 32.5. The zero-order valence-corrected chi connectivity index (χ0v) is 37.7. The van der Waals surface area contributed by atoms with Gasteiger partial charge >= 0.3 is 0 Å². The minimum absolute atomic E-state index is 0.805. The fourth-order valence-corrected chi connectivity index (χ4v) is 14.1. The lowest BCUT2D eigenvalue weighted by molar-refractivity contribution is 0.415. The van der Waals surface area contributed by atoms with Crippen LogP contribution in [0.2, 0.25) is 0 Å². The van der Waals surface area contributed by atoms with E-state index in [0.29, 0.717) is 0 Å². The highest BCUT2D eigenvalue weighted by Crippen LogP contribution is 2.46. The Hall–Kier alpha value is -7.75. The van der Waals surface area contributed by atoms with Crippen molar-refractivity contribution in [3.05, 3.63) is 218 Å². The van der Waals surface area contributed by atoms with E-state index in [1.807, 2.05) is 12.1 Å². The molecule has 3 nitrogen and oxygen atoms in total. The van der Waals surface area contributed by atoms with Crippen LogP contribution in [-0.2, 0) is 11.8 Å². The van der Waals surface area contributed by atoms with Crippen LogP contribution in [0, 0.1) is 0 Å². The predicted octanol–water partition coefficient (Wildman–Crippen LogP) is 14.8. The van der Waals surface area contributed by atoms with Crippen molar-refractivity contribution in [3.8, 4) is 28.0 Å². The van der Waals surface area contributed by atoms with E-state index >= 15 is 0 Å². The van der Waals surface area contributed by atoms with Gasteiger partial charge in [0.15, 0.2) is 0 Å². The van der Waals surface area contributed by atoms with Gasteiger partial charge in [0.2, 0.25) is 0 Å². The molecule has 0 aliphatic carbocycles. The van der Waals surface area contributed by atoms with E-state index in [1.165, 1.54) is 32.7 Å². The Balaban J connectivity index is 0.997. The average molecular weight is 879 g/mol. The highest BCUT2D eigenvalue weighted by atomic mass is 32.4. The van der Waals surface area contributed by atoms with Crippen molar-refractivity contribution in [1.29, 1.82) is 0 Å². The molecule has 13 rings (SSSR count). The lowest BCUT2D eigenvalue weighted by atomic mass is 9.92. The summed E-state index contributed by atoms with van der Waals surface area (Å²) in [5.74, 6) is 0.805. The second-order valence-electron chi connectivity index (χ2n) is 17.1. The van der Waals surface area contributed by atoms with Gasteiger partial charge in [-0.15, -0.1) is 0 Å². The Morgan fingerprint density at radius 2 is 0.606 bits per heavy atom. The number of methoxy groups -OCH3 is 1. The minimum atomic E-state index is -2.60. The monoisotopic (exact) mass is 878 g/mol. The summed E-state index contributed by atoms with van der Waals surface area (Å²) in [5, 5.41) is 17.2. The van der Waals surface area contributed by atoms with Crippen LogP contribution in [0.4, 0.5) is 0 Å². The number of hydrogen-bond donors (Lipinski definition) is 0. The molecule has 0 bridgehead atoms. The molecule has 11 aromatic carbocycles. The number of ether oxygens (including phenoxy) is 1. The third kappa shape index (κ3) is 5.92. The van der Waals surface area contributed by atoms with Gasteiger partial charge in [-0.2, -0.15) is 0 Å². The lowest BCUT2D eigenvalue weighted by Crippen LogP contribution is -2.24. The Kier molecular flexibility index (Phi) is 8.90. The van der Waals surface area contributed by atoms with E-state index in [2.05, 4.69) is 206 Å². The van der Waals surface area contributed by atoms with E-state index in [-0.39, 0.29) is 0 Å². The van der Waals surface area contributed by atoms with Crippen molar-refractivity contribution in [2.75, 3.05) is 7.11 Å². The zero-order chi connectivity index (χ0) is 43.9. The van der Waals surface area contributed by atoms with Crippen LogP contribution in [0.3, 0.4) is 0 Å². The van der Waals surface area contributed by atoms with Gasteiger partial charge in [-0.1, -0.05) is 206 Å². The summed E-state index contributed by atoms with van der Waals surface area (Å²) in [7, 11) is 1.71. The molecule has 310 valence electrons. The number of aromatic nitrogens is 2. The summed E-state index contributed by atoms with van der Waals surface area (Å²) in [6.07, 6.45) is 0. The van der Waals surface area contributed by atoms with E-state index in [1.54, 1.807) is 7.11 Å². The van der Waals surface area contributed by atoms with Crippen molar-refractivity contribution in [2.24, 2.45) is 0 Å². The Bertz CT molecular complexity index is 3730. The second kappa shape index (κ2) is 15.2. The maximum atomic E-state index is 7.07. The highest BCUT2D eigenvalue weighted by molar-refractivity contribution is 8.25. The zero-order valence-electron chi connectivity index (χ0n) is 35.9. The molecule has 0 atom stereocenters. The predicted molar refractivity (Wildman–Crippen MR) is 286 cm³/mol.